The molecule has 2 atom stereocenters. The Balaban J connectivity index is 0.000000201. The minimum atomic E-state index is -1.02. The average Bonchev–Trinajstić information content (AvgIpc) is 3.52. The van der Waals surface area contributed by atoms with Crippen LogP contribution in [0.3, 0.4) is 0 Å². The van der Waals surface area contributed by atoms with E-state index in [0.29, 0.717) is 0 Å². The predicted octanol–water partition coefficient (Wildman–Crippen LogP) is 8.91. The maximum atomic E-state index is 13.8. The van der Waals surface area contributed by atoms with Gasteiger partial charge < -0.3 is 9.47 Å². The SMILES string of the molecule is COC(=O)CC1=C(C)/C(=C/c2ccc([S@@](C)=O)cc2)c2ccc(F)cc21.COC(=O)CC1=C(C)/C(=C/c2ccc([S@](C)=O)cc2)c2ccc(F)cc21. The van der Waals surface area contributed by atoms with Gasteiger partial charge in [-0.2, -0.15) is 0 Å². The number of carbonyl (C=O) groups is 2. The number of hydrogen-bond donors (Lipinski definition) is 0. The lowest BCUT2D eigenvalue weighted by molar-refractivity contribution is -0.140. The zero-order valence-electron chi connectivity index (χ0n) is 29.7. The lowest BCUT2D eigenvalue weighted by atomic mass is 10.0. The van der Waals surface area contributed by atoms with Gasteiger partial charge in [0, 0.05) is 43.9 Å². The molecule has 0 unspecified atom stereocenters. The minimum absolute atomic E-state index is 0.101. The molecule has 0 radical (unpaired) electrons. The molecule has 10 heteroatoms. The summed E-state index contributed by atoms with van der Waals surface area (Å²) in [4.78, 5) is 25.1. The highest BCUT2D eigenvalue weighted by atomic mass is 32.2. The average molecular weight is 741 g/mol. The maximum absolute atomic E-state index is 13.8. The Kier molecular flexibility index (Phi) is 12.1. The van der Waals surface area contributed by atoms with Crippen molar-refractivity contribution in [1.82, 2.24) is 0 Å². The molecule has 4 aromatic rings. The van der Waals surface area contributed by atoms with Crippen molar-refractivity contribution in [3.05, 3.63) is 141 Å². The molecule has 0 aromatic heterocycles. The monoisotopic (exact) mass is 740 g/mol. The highest BCUT2D eigenvalue weighted by Gasteiger charge is 2.27. The van der Waals surface area contributed by atoms with Crippen molar-refractivity contribution in [2.75, 3.05) is 26.7 Å². The summed E-state index contributed by atoms with van der Waals surface area (Å²) in [5, 5.41) is 0. The maximum Gasteiger partial charge on any atom is 0.310 e. The zero-order chi connectivity index (χ0) is 37.7. The van der Waals surface area contributed by atoms with Crippen LogP contribution in [-0.2, 0) is 40.7 Å². The molecule has 2 aliphatic rings. The summed E-state index contributed by atoms with van der Waals surface area (Å²) in [5.41, 5.74) is 10.5. The number of rotatable bonds is 8. The number of allylic oxidation sites excluding steroid dienone is 4. The predicted molar refractivity (Wildman–Crippen MR) is 205 cm³/mol. The molecular formula is C42H38F2O6S2. The van der Waals surface area contributed by atoms with Gasteiger partial charge in [0.15, 0.2) is 0 Å². The second-order valence-corrected chi connectivity index (χ2v) is 15.0. The first-order chi connectivity index (χ1) is 24.8. The van der Waals surface area contributed by atoms with Crippen molar-refractivity contribution in [1.29, 1.82) is 0 Å². The van der Waals surface area contributed by atoms with Crippen molar-refractivity contribution in [3.8, 4) is 0 Å². The number of methoxy groups -OCH3 is 2. The van der Waals surface area contributed by atoms with Gasteiger partial charge in [0.05, 0.1) is 27.1 Å². The zero-order valence-corrected chi connectivity index (χ0v) is 31.3. The first-order valence-electron chi connectivity index (χ1n) is 16.3. The molecule has 4 aromatic carbocycles. The van der Waals surface area contributed by atoms with E-state index in [1.165, 1.54) is 38.5 Å². The molecule has 0 saturated carbocycles. The second-order valence-electron chi connectivity index (χ2n) is 12.3. The molecular weight excluding hydrogens is 703 g/mol. The summed E-state index contributed by atoms with van der Waals surface area (Å²) in [6, 6.07) is 24.2. The summed E-state index contributed by atoms with van der Waals surface area (Å²) >= 11 is 0. The lowest BCUT2D eigenvalue weighted by Gasteiger charge is -2.05. The number of halogens is 2. The van der Waals surface area contributed by atoms with Gasteiger partial charge in [-0.3, -0.25) is 18.0 Å². The Morgan fingerprint density at radius 2 is 0.923 bits per heavy atom. The standard InChI is InChI=1S/2C21H19FO3S/c2*1-13-18(10-14-4-7-16(8-5-14)26(3)24)17-9-6-15(22)11-20(17)19(13)12-21(23)25-2/h2*4-11H,12H2,1-3H3/b2*18-10-/t2*26-/m10/s1. The number of benzene rings is 4. The van der Waals surface area contributed by atoms with Gasteiger partial charge in [-0.1, -0.05) is 36.4 Å². The van der Waals surface area contributed by atoms with Crippen molar-refractivity contribution < 1.29 is 36.3 Å². The molecule has 0 aliphatic heterocycles. The Morgan fingerprint density at radius 1 is 0.577 bits per heavy atom. The second kappa shape index (κ2) is 16.5. The van der Waals surface area contributed by atoms with Crippen LogP contribution >= 0.6 is 0 Å². The Labute approximate surface area is 307 Å². The van der Waals surface area contributed by atoms with Gasteiger partial charge in [-0.05, 0) is 141 Å². The molecule has 0 spiro atoms. The highest BCUT2D eigenvalue weighted by molar-refractivity contribution is 7.84. The highest BCUT2D eigenvalue weighted by Crippen LogP contribution is 2.45. The van der Waals surface area contributed by atoms with E-state index in [2.05, 4.69) is 0 Å². The van der Waals surface area contributed by atoms with E-state index in [1.54, 1.807) is 24.6 Å². The fourth-order valence-electron chi connectivity index (χ4n) is 6.24. The van der Waals surface area contributed by atoms with E-state index in [1.807, 2.05) is 74.5 Å². The van der Waals surface area contributed by atoms with Crippen LogP contribution in [0.4, 0.5) is 8.78 Å². The Morgan fingerprint density at radius 3 is 1.23 bits per heavy atom. The van der Waals surface area contributed by atoms with Crippen LogP contribution in [0.5, 0.6) is 0 Å². The fourth-order valence-corrected chi connectivity index (χ4v) is 7.28. The van der Waals surface area contributed by atoms with E-state index >= 15 is 0 Å². The van der Waals surface area contributed by atoms with Gasteiger partial charge in [-0.25, -0.2) is 8.78 Å². The van der Waals surface area contributed by atoms with Crippen molar-refractivity contribution in [3.63, 3.8) is 0 Å². The molecule has 6 rings (SSSR count). The molecule has 0 heterocycles. The van der Waals surface area contributed by atoms with E-state index in [0.717, 1.165) is 76.6 Å². The van der Waals surface area contributed by atoms with E-state index in [9.17, 15) is 26.8 Å². The minimum Gasteiger partial charge on any atom is -0.469 e. The van der Waals surface area contributed by atoms with E-state index in [-0.39, 0.29) is 36.4 Å². The molecule has 52 heavy (non-hydrogen) atoms. The first-order valence-corrected chi connectivity index (χ1v) is 19.4. The third-order valence-electron chi connectivity index (χ3n) is 9.05. The Hall–Kier alpha value is -5.06. The number of ether oxygens (including phenoxy) is 2. The molecule has 268 valence electrons. The first kappa shape index (κ1) is 38.2. The number of hydrogen-bond acceptors (Lipinski definition) is 6. The number of fused-ring (bicyclic) bond motifs is 2. The topological polar surface area (TPSA) is 86.7 Å². The third kappa shape index (κ3) is 8.52. The van der Waals surface area contributed by atoms with Crippen LogP contribution in [0.1, 0.15) is 60.1 Å². The molecule has 0 saturated heterocycles. The van der Waals surface area contributed by atoms with Crippen LogP contribution in [0.15, 0.2) is 106 Å². The summed E-state index contributed by atoms with van der Waals surface area (Å²) in [5.74, 6) is -1.39. The van der Waals surface area contributed by atoms with Crippen LogP contribution in [-0.4, -0.2) is 47.1 Å². The molecule has 0 bridgehead atoms. The van der Waals surface area contributed by atoms with Gasteiger partial charge in [-0.15, -0.1) is 0 Å². The normalized spacial score (nSPS) is 15.9. The Bertz CT molecular complexity index is 2070. The smallest absolute Gasteiger partial charge is 0.310 e. The van der Waals surface area contributed by atoms with Crippen molar-refractivity contribution in [2.45, 2.75) is 36.5 Å². The van der Waals surface area contributed by atoms with Crippen LogP contribution in [0.2, 0.25) is 0 Å². The van der Waals surface area contributed by atoms with E-state index < -0.39 is 21.6 Å². The summed E-state index contributed by atoms with van der Waals surface area (Å²) in [7, 11) is 0.638. The molecule has 0 fully saturated rings. The van der Waals surface area contributed by atoms with Crippen LogP contribution < -0.4 is 0 Å². The van der Waals surface area contributed by atoms with Crippen LogP contribution in [0.25, 0.3) is 34.4 Å². The van der Waals surface area contributed by atoms with Crippen molar-refractivity contribution >= 4 is 68.0 Å². The molecule has 0 N–H and O–H groups in total. The largest absolute Gasteiger partial charge is 0.469 e. The molecule has 0 amide bonds. The van der Waals surface area contributed by atoms with Gasteiger partial charge in [0.1, 0.15) is 11.6 Å². The van der Waals surface area contributed by atoms with Gasteiger partial charge in [0.2, 0.25) is 0 Å². The lowest BCUT2D eigenvalue weighted by Crippen LogP contribution is -2.01. The fraction of sp³-hybridized carbons (Fsp3) is 0.190. The summed E-state index contributed by atoms with van der Waals surface area (Å²) < 4.78 is 60.2. The number of esters is 2. The molecule has 6 nitrogen and oxygen atoms in total. The third-order valence-corrected chi connectivity index (χ3v) is 10.9. The van der Waals surface area contributed by atoms with Gasteiger partial charge >= 0.3 is 11.9 Å². The summed E-state index contributed by atoms with van der Waals surface area (Å²) in [6.07, 6.45) is 7.48. The summed E-state index contributed by atoms with van der Waals surface area (Å²) in [6.45, 7) is 3.86. The van der Waals surface area contributed by atoms with Crippen molar-refractivity contribution in [2.24, 2.45) is 0 Å². The quantitative estimate of drug-likeness (QED) is 0.168. The van der Waals surface area contributed by atoms with Gasteiger partial charge in [0.25, 0.3) is 0 Å². The van der Waals surface area contributed by atoms with E-state index in [4.69, 9.17) is 9.47 Å². The number of carbonyl (C=O) groups excluding carboxylic acids is 2. The molecule has 2 aliphatic carbocycles. The van der Waals surface area contributed by atoms with Crippen LogP contribution in [0, 0.1) is 11.6 Å².